The molecule has 0 bridgehead atoms. The minimum atomic E-state index is -0.0819. The predicted octanol–water partition coefficient (Wildman–Crippen LogP) is 3.44. The number of benzene rings is 2. The average Bonchev–Trinajstić information content (AvgIpc) is 2.40. The largest absolute Gasteiger partial charge is 0.504 e. The molecule has 0 saturated carbocycles. The number of ether oxygens (including phenoxy) is 1. The molecule has 2 aromatic carbocycles. The van der Waals surface area contributed by atoms with Gasteiger partial charge in [0.05, 0.1) is 5.02 Å². The normalized spacial score (nSPS) is 10.1. The molecular formula is C14H11ClO3. The number of aldehydes is 1. The Morgan fingerprint density at radius 2 is 1.89 bits per heavy atom. The van der Waals surface area contributed by atoms with Crippen molar-refractivity contribution in [3.63, 3.8) is 0 Å². The van der Waals surface area contributed by atoms with Crippen LogP contribution in [0.4, 0.5) is 0 Å². The Morgan fingerprint density at radius 3 is 2.56 bits per heavy atom. The Labute approximate surface area is 110 Å². The van der Waals surface area contributed by atoms with E-state index in [0.29, 0.717) is 6.29 Å². The average molecular weight is 263 g/mol. The van der Waals surface area contributed by atoms with Crippen LogP contribution in [-0.2, 0) is 6.61 Å². The molecule has 4 heteroatoms. The Balaban J connectivity index is 2.21. The van der Waals surface area contributed by atoms with E-state index in [4.69, 9.17) is 16.3 Å². The molecule has 0 spiro atoms. The summed E-state index contributed by atoms with van der Waals surface area (Å²) in [6.07, 6.45) is 0.622. The van der Waals surface area contributed by atoms with Crippen molar-refractivity contribution in [2.75, 3.05) is 0 Å². The van der Waals surface area contributed by atoms with E-state index >= 15 is 0 Å². The van der Waals surface area contributed by atoms with Crippen LogP contribution in [0.2, 0.25) is 5.02 Å². The monoisotopic (exact) mass is 262 g/mol. The van der Waals surface area contributed by atoms with Crippen molar-refractivity contribution < 1.29 is 14.6 Å². The summed E-state index contributed by atoms with van der Waals surface area (Å²) >= 11 is 5.96. The van der Waals surface area contributed by atoms with E-state index in [2.05, 4.69) is 0 Å². The third-order valence-electron chi connectivity index (χ3n) is 2.46. The fourth-order valence-electron chi connectivity index (χ4n) is 1.52. The summed E-state index contributed by atoms with van der Waals surface area (Å²) in [4.78, 5) is 10.7. The Hall–Kier alpha value is -2.00. The predicted molar refractivity (Wildman–Crippen MR) is 69.3 cm³/mol. The van der Waals surface area contributed by atoms with Gasteiger partial charge in [-0.05, 0) is 17.7 Å². The summed E-state index contributed by atoms with van der Waals surface area (Å²) in [5.41, 5.74) is 1.24. The molecule has 92 valence electrons. The molecule has 0 aliphatic carbocycles. The molecule has 0 unspecified atom stereocenters. The van der Waals surface area contributed by atoms with E-state index in [1.54, 1.807) is 0 Å². The van der Waals surface area contributed by atoms with E-state index in [1.807, 2.05) is 30.3 Å². The molecule has 3 nitrogen and oxygen atoms in total. The second-order valence-corrected chi connectivity index (χ2v) is 4.09. The molecule has 1 N–H and O–H groups in total. The van der Waals surface area contributed by atoms with Crippen molar-refractivity contribution >= 4 is 17.9 Å². The lowest BCUT2D eigenvalue weighted by Gasteiger charge is -2.10. The van der Waals surface area contributed by atoms with Gasteiger partial charge in [-0.15, -0.1) is 0 Å². The highest BCUT2D eigenvalue weighted by molar-refractivity contribution is 6.34. The fourth-order valence-corrected chi connectivity index (χ4v) is 1.78. The molecule has 0 aromatic heterocycles. The molecule has 0 saturated heterocycles. The molecule has 0 aliphatic heterocycles. The minimum absolute atomic E-state index is 0.0819. The van der Waals surface area contributed by atoms with Crippen LogP contribution in [0.25, 0.3) is 0 Å². The summed E-state index contributed by atoms with van der Waals surface area (Å²) in [6, 6.07) is 12.3. The van der Waals surface area contributed by atoms with Gasteiger partial charge in [-0.1, -0.05) is 41.9 Å². The molecule has 0 atom stereocenters. The van der Waals surface area contributed by atoms with Gasteiger partial charge in [0, 0.05) is 5.56 Å². The highest BCUT2D eigenvalue weighted by atomic mass is 35.5. The second-order valence-electron chi connectivity index (χ2n) is 3.71. The molecule has 2 aromatic rings. The summed E-state index contributed by atoms with van der Waals surface area (Å²) in [5.74, 6) is 0.0478. The maximum absolute atomic E-state index is 10.7. The van der Waals surface area contributed by atoms with Crippen LogP contribution >= 0.6 is 11.6 Å². The van der Waals surface area contributed by atoms with Crippen LogP contribution in [0.3, 0.4) is 0 Å². The van der Waals surface area contributed by atoms with Crippen molar-refractivity contribution in [1.82, 2.24) is 0 Å². The molecule has 0 fully saturated rings. The van der Waals surface area contributed by atoms with E-state index in [0.717, 1.165) is 5.56 Å². The summed E-state index contributed by atoms with van der Waals surface area (Å²) in [6.45, 7) is 0.274. The number of hydrogen-bond donors (Lipinski definition) is 1. The first kappa shape index (κ1) is 12.5. The summed E-state index contributed by atoms with van der Waals surface area (Å²) < 4.78 is 5.46. The zero-order valence-corrected chi connectivity index (χ0v) is 10.2. The van der Waals surface area contributed by atoms with Crippen molar-refractivity contribution in [3.8, 4) is 11.5 Å². The standard InChI is InChI=1S/C14H11ClO3/c15-13-11(8-16)6-7-12(17)14(13)18-9-10-4-2-1-3-5-10/h1-8,17H,9H2. The lowest BCUT2D eigenvalue weighted by Crippen LogP contribution is -1.97. The van der Waals surface area contributed by atoms with Gasteiger partial charge in [0.15, 0.2) is 17.8 Å². The van der Waals surface area contributed by atoms with Crippen LogP contribution in [0.15, 0.2) is 42.5 Å². The SMILES string of the molecule is O=Cc1ccc(O)c(OCc2ccccc2)c1Cl. The highest BCUT2D eigenvalue weighted by Crippen LogP contribution is 2.36. The van der Waals surface area contributed by atoms with Crippen LogP contribution in [0.5, 0.6) is 11.5 Å². The van der Waals surface area contributed by atoms with Gasteiger partial charge < -0.3 is 9.84 Å². The maximum atomic E-state index is 10.7. The molecule has 0 heterocycles. The summed E-state index contributed by atoms with van der Waals surface area (Å²) in [5, 5.41) is 9.79. The van der Waals surface area contributed by atoms with Crippen molar-refractivity contribution in [1.29, 1.82) is 0 Å². The third kappa shape index (κ3) is 2.63. The van der Waals surface area contributed by atoms with E-state index < -0.39 is 0 Å². The third-order valence-corrected chi connectivity index (χ3v) is 2.85. The molecule has 18 heavy (non-hydrogen) atoms. The summed E-state index contributed by atoms with van der Waals surface area (Å²) in [7, 11) is 0. The number of carbonyl (C=O) groups excluding carboxylic acids is 1. The highest BCUT2D eigenvalue weighted by Gasteiger charge is 2.12. The number of phenolic OH excluding ortho intramolecular Hbond substituents is 1. The van der Waals surface area contributed by atoms with Crippen LogP contribution in [-0.4, -0.2) is 11.4 Å². The van der Waals surface area contributed by atoms with E-state index in [-0.39, 0.29) is 28.7 Å². The smallest absolute Gasteiger partial charge is 0.180 e. The van der Waals surface area contributed by atoms with Gasteiger partial charge in [0.2, 0.25) is 0 Å². The molecular weight excluding hydrogens is 252 g/mol. The zero-order chi connectivity index (χ0) is 13.0. The van der Waals surface area contributed by atoms with Crippen molar-refractivity contribution in [2.24, 2.45) is 0 Å². The van der Waals surface area contributed by atoms with E-state index in [9.17, 15) is 9.90 Å². The number of rotatable bonds is 4. The maximum Gasteiger partial charge on any atom is 0.180 e. The van der Waals surface area contributed by atoms with Gasteiger partial charge in [-0.2, -0.15) is 0 Å². The molecule has 0 aliphatic rings. The Kier molecular flexibility index (Phi) is 3.85. The van der Waals surface area contributed by atoms with Crippen LogP contribution < -0.4 is 4.74 Å². The van der Waals surface area contributed by atoms with Gasteiger partial charge in [-0.25, -0.2) is 0 Å². The quantitative estimate of drug-likeness (QED) is 0.859. The van der Waals surface area contributed by atoms with Gasteiger partial charge in [-0.3, -0.25) is 4.79 Å². The molecule has 2 rings (SSSR count). The van der Waals surface area contributed by atoms with Gasteiger partial charge in [0.25, 0.3) is 0 Å². The second kappa shape index (κ2) is 5.56. The van der Waals surface area contributed by atoms with Gasteiger partial charge in [0.1, 0.15) is 6.61 Å². The first-order valence-corrected chi connectivity index (χ1v) is 5.73. The number of halogens is 1. The molecule has 0 amide bonds. The number of carbonyl (C=O) groups is 1. The lowest BCUT2D eigenvalue weighted by atomic mass is 10.2. The van der Waals surface area contributed by atoms with Crippen LogP contribution in [0, 0.1) is 0 Å². The minimum Gasteiger partial charge on any atom is -0.504 e. The zero-order valence-electron chi connectivity index (χ0n) is 9.47. The van der Waals surface area contributed by atoms with Gasteiger partial charge >= 0.3 is 0 Å². The van der Waals surface area contributed by atoms with Crippen LogP contribution in [0.1, 0.15) is 15.9 Å². The van der Waals surface area contributed by atoms with E-state index in [1.165, 1.54) is 12.1 Å². The lowest BCUT2D eigenvalue weighted by molar-refractivity contribution is 0.112. The Morgan fingerprint density at radius 1 is 1.17 bits per heavy atom. The van der Waals surface area contributed by atoms with Crippen molar-refractivity contribution in [2.45, 2.75) is 6.61 Å². The topological polar surface area (TPSA) is 46.5 Å². The molecule has 0 radical (unpaired) electrons. The number of phenols is 1. The first-order valence-electron chi connectivity index (χ1n) is 5.35. The Bertz CT molecular complexity index is 552. The van der Waals surface area contributed by atoms with Crippen molar-refractivity contribution in [3.05, 3.63) is 58.6 Å². The number of hydrogen-bond acceptors (Lipinski definition) is 3. The fraction of sp³-hybridized carbons (Fsp3) is 0.0714. The first-order chi connectivity index (χ1) is 8.72. The number of aromatic hydroxyl groups is 1.